The molecule has 6 heteroatoms. The molecule has 3 aromatic carbocycles. The van der Waals surface area contributed by atoms with Crippen molar-refractivity contribution in [2.24, 2.45) is 0 Å². The number of rotatable bonds is 5. The number of imide groups is 2. The smallest absolute Gasteiger partial charge is 0.335 e. The fraction of sp³-hybridized carbons (Fsp3) is 0.115. The van der Waals surface area contributed by atoms with Crippen LogP contribution in [0.25, 0.3) is 6.08 Å². The van der Waals surface area contributed by atoms with Crippen LogP contribution in [0.1, 0.15) is 22.3 Å². The number of barbiturate groups is 1. The van der Waals surface area contributed by atoms with E-state index in [4.69, 9.17) is 4.74 Å². The minimum Gasteiger partial charge on any atom is -0.488 e. The molecule has 0 atom stereocenters. The van der Waals surface area contributed by atoms with Gasteiger partial charge in [0.25, 0.3) is 11.8 Å². The molecular formula is C26H22N2O4. The molecular weight excluding hydrogens is 404 g/mol. The molecule has 0 saturated carbocycles. The van der Waals surface area contributed by atoms with Crippen LogP contribution >= 0.6 is 0 Å². The number of hydrogen-bond acceptors (Lipinski definition) is 4. The summed E-state index contributed by atoms with van der Waals surface area (Å²) in [6, 6.07) is 21.5. The molecule has 3 aromatic rings. The Balaban J connectivity index is 1.66. The molecule has 32 heavy (non-hydrogen) atoms. The Morgan fingerprint density at radius 2 is 1.53 bits per heavy atom. The van der Waals surface area contributed by atoms with E-state index in [1.165, 1.54) is 6.08 Å². The fourth-order valence-electron chi connectivity index (χ4n) is 3.59. The number of benzene rings is 3. The zero-order valence-corrected chi connectivity index (χ0v) is 17.8. The highest BCUT2D eigenvalue weighted by Crippen LogP contribution is 2.27. The summed E-state index contributed by atoms with van der Waals surface area (Å²) in [5.74, 6) is -0.889. The normalized spacial score (nSPS) is 15.1. The quantitative estimate of drug-likeness (QED) is 0.480. The van der Waals surface area contributed by atoms with E-state index in [0.29, 0.717) is 23.6 Å². The average molecular weight is 426 g/mol. The number of hydrogen-bond donors (Lipinski definition) is 1. The lowest BCUT2D eigenvalue weighted by atomic mass is 10.0. The van der Waals surface area contributed by atoms with Crippen LogP contribution in [0.5, 0.6) is 5.75 Å². The van der Waals surface area contributed by atoms with Gasteiger partial charge in [0.05, 0.1) is 5.69 Å². The Bertz CT molecular complexity index is 1210. The average Bonchev–Trinajstić information content (AvgIpc) is 2.76. The fourth-order valence-corrected chi connectivity index (χ4v) is 3.59. The van der Waals surface area contributed by atoms with E-state index in [1.807, 2.05) is 56.3 Å². The monoisotopic (exact) mass is 426 g/mol. The van der Waals surface area contributed by atoms with Gasteiger partial charge in [0.15, 0.2) is 0 Å². The van der Waals surface area contributed by atoms with E-state index in [1.54, 1.807) is 30.3 Å². The van der Waals surface area contributed by atoms with Crippen LogP contribution < -0.4 is 15.0 Å². The predicted octanol–water partition coefficient (Wildman–Crippen LogP) is 4.55. The number of para-hydroxylation sites is 1. The summed E-state index contributed by atoms with van der Waals surface area (Å²) in [5, 5.41) is 2.26. The molecule has 1 aliphatic heterocycles. The lowest BCUT2D eigenvalue weighted by Crippen LogP contribution is -2.54. The zero-order valence-electron chi connectivity index (χ0n) is 17.8. The van der Waals surface area contributed by atoms with Crippen molar-refractivity contribution in [3.63, 3.8) is 0 Å². The van der Waals surface area contributed by atoms with E-state index in [0.717, 1.165) is 21.6 Å². The molecule has 1 heterocycles. The molecule has 4 amide bonds. The molecule has 1 fully saturated rings. The van der Waals surface area contributed by atoms with Crippen LogP contribution in [0, 0.1) is 13.8 Å². The van der Waals surface area contributed by atoms with Crippen molar-refractivity contribution in [1.29, 1.82) is 0 Å². The van der Waals surface area contributed by atoms with Crippen molar-refractivity contribution in [2.75, 3.05) is 4.90 Å². The van der Waals surface area contributed by atoms with E-state index < -0.39 is 17.8 Å². The van der Waals surface area contributed by atoms with Gasteiger partial charge in [0, 0.05) is 5.56 Å². The molecule has 6 nitrogen and oxygen atoms in total. The van der Waals surface area contributed by atoms with Gasteiger partial charge in [-0.2, -0.15) is 0 Å². The summed E-state index contributed by atoms with van der Waals surface area (Å²) in [6.45, 7) is 4.10. The lowest BCUT2D eigenvalue weighted by Gasteiger charge is -2.27. The van der Waals surface area contributed by atoms with E-state index >= 15 is 0 Å². The van der Waals surface area contributed by atoms with Crippen molar-refractivity contribution in [3.8, 4) is 5.75 Å². The predicted molar refractivity (Wildman–Crippen MR) is 122 cm³/mol. The standard InChI is InChI=1S/C26H22N2O4/c1-17-12-18(2)14-21(13-17)28-25(30)22(24(29)27-26(28)31)15-20-10-6-7-11-23(20)32-16-19-8-4-3-5-9-19/h3-15H,16H2,1-2H3,(H,27,29,31)/b22-15+. The SMILES string of the molecule is Cc1cc(C)cc(N2C(=O)NC(=O)/C(=C\c3ccccc3OCc3ccccc3)C2=O)c1. The largest absolute Gasteiger partial charge is 0.488 e. The molecule has 1 saturated heterocycles. The number of carbonyl (C=O) groups is 3. The van der Waals surface area contributed by atoms with Gasteiger partial charge >= 0.3 is 6.03 Å². The summed E-state index contributed by atoms with van der Waals surface area (Å²) >= 11 is 0. The van der Waals surface area contributed by atoms with Crippen LogP contribution in [0.4, 0.5) is 10.5 Å². The number of carbonyl (C=O) groups excluding carboxylic acids is 3. The maximum atomic E-state index is 13.2. The molecule has 1 N–H and O–H groups in total. The van der Waals surface area contributed by atoms with Gasteiger partial charge in [0.1, 0.15) is 17.9 Å². The summed E-state index contributed by atoms with van der Waals surface area (Å²) in [4.78, 5) is 39.2. The Morgan fingerprint density at radius 3 is 2.25 bits per heavy atom. The van der Waals surface area contributed by atoms with E-state index in [9.17, 15) is 14.4 Å². The van der Waals surface area contributed by atoms with Crippen LogP contribution in [0.15, 0.2) is 78.4 Å². The minimum absolute atomic E-state index is 0.139. The third-order valence-electron chi connectivity index (χ3n) is 5.02. The second kappa shape index (κ2) is 8.89. The summed E-state index contributed by atoms with van der Waals surface area (Å²) in [7, 11) is 0. The molecule has 0 bridgehead atoms. The van der Waals surface area contributed by atoms with Gasteiger partial charge in [-0.3, -0.25) is 14.9 Å². The Kier molecular flexibility index (Phi) is 5.85. The first-order valence-electron chi connectivity index (χ1n) is 10.2. The Morgan fingerprint density at radius 1 is 0.875 bits per heavy atom. The highest BCUT2D eigenvalue weighted by atomic mass is 16.5. The second-order valence-corrected chi connectivity index (χ2v) is 7.62. The van der Waals surface area contributed by atoms with Gasteiger partial charge < -0.3 is 4.74 Å². The topological polar surface area (TPSA) is 75.7 Å². The van der Waals surface area contributed by atoms with Crippen molar-refractivity contribution in [3.05, 3.63) is 101 Å². The number of ether oxygens (including phenoxy) is 1. The molecule has 160 valence electrons. The number of nitrogens with one attached hydrogen (secondary N) is 1. The van der Waals surface area contributed by atoms with Gasteiger partial charge in [-0.05, 0) is 54.8 Å². The summed E-state index contributed by atoms with van der Waals surface area (Å²) in [6.07, 6.45) is 1.46. The Hall–Kier alpha value is -4.19. The first kappa shape index (κ1) is 21.1. The summed E-state index contributed by atoms with van der Waals surface area (Å²) in [5.41, 5.74) is 3.64. The number of urea groups is 1. The number of anilines is 1. The maximum Gasteiger partial charge on any atom is 0.335 e. The van der Waals surface area contributed by atoms with Crippen LogP contribution in [0.3, 0.4) is 0 Å². The first-order valence-corrected chi connectivity index (χ1v) is 10.2. The van der Waals surface area contributed by atoms with Gasteiger partial charge in [-0.25, -0.2) is 9.69 Å². The molecule has 0 radical (unpaired) electrons. The molecule has 1 aliphatic rings. The zero-order chi connectivity index (χ0) is 22.7. The van der Waals surface area contributed by atoms with Crippen molar-refractivity contribution in [2.45, 2.75) is 20.5 Å². The first-order chi connectivity index (χ1) is 15.4. The van der Waals surface area contributed by atoms with Crippen LogP contribution in [0.2, 0.25) is 0 Å². The lowest BCUT2D eigenvalue weighted by molar-refractivity contribution is -0.122. The van der Waals surface area contributed by atoms with E-state index in [2.05, 4.69) is 5.32 Å². The third-order valence-corrected chi connectivity index (χ3v) is 5.02. The molecule has 0 unspecified atom stereocenters. The maximum absolute atomic E-state index is 13.2. The van der Waals surface area contributed by atoms with Crippen LogP contribution in [-0.4, -0.2) is 17.8 Å². The molecule has 4 rings (SSSR count). The number of nitrogens with zero attached hydrogens (tertiary/aromatic N) is 1. The number of amides is 4. The Labute approximate surface area is 186 Å². The summed E-state index contributed by atoms with van der Waals surface area (Å²) < 4.78 is 5.93. The molecule has 0 aromatic heterocycles. The van der Waals surface area contributed by atoms with E-state index in [-0.39, 0.29) is 5.57 Å². The third kappa shape index (κ3) is 4.44. The number of aryl methyl sites for hydroxylation is 2. The highest BCUT2D eigenvalue weighted by molar-refractivity contribution is 6.39. The van der Waals surface area contributed by atoms with Crippen molar-refractivity contribution < 1.29 is 19.1 Å². The van der Waals surface area contributed by atoms with Gasteiger partial charge in [0.2, 0.25) is 0 Å². The highest BCUT2D eigenvalue weighted by Gasteiger charge is 2.37. The molecule has 0 spiro atoms. The van der Waals surface area contributed by atoms with Crippen molar-refractivity contribution >= 4 is 29.6 Å². The molecule has 0 aliphatic carbocycles. The minimum atomic E-state index is -0.768. The van der Waals surface area contributed by atoms with Gasteiger partial charge in [-0.15, -0.1) is 0 Å². The second-order valence-electron chi connectivity index (χ2n) is 7.62. The van der Waals surface area contributed by atoms with Crippen molar-refractivity contribution in [1.82, 2.24) is 5.32 Å². The van der Waals surface area contributed by atoms with Gasteiger partial charge in [-0.1, -0.05) is 54.6 Å². The van der Waals surface area contributed by atoms with Crippen LogP contribution in [-0.2, 0) is 16.2 Å².